The Balaban J connectivity index is 2.30. The van der Waals surface area contributed by atoms with Gasteiger partial charge in [-0.1, -0.05) is 53.3 Å². The van der Waals surface area contributed by atoms with E-state index in [1.807, 2.05) is 6.92 Å². The Morgan fingerprint density at radius 2 is 1.69 bits per heavy atom. The number of hydrogen-bond acceptors (Lipinski definition) is 4. The number of halogens is 4. The second-order valence-electron chi connectivity index (χ2n) is 5.37. The second kappa shape index (κ2) is 13.5. The Bertz CT molecular complexity index is 578. The molecular formula is C18H22Cl4O4. The van der Waals surface area contributed by atoms with Gasteiger partial charge in [0.25, 0.3) is 0 Å². The van der Waals surface area contributed by atoms with Gasteiger partial charge >= 0.3 is 0 Å². The molecule has 1 aromatic carbocycles. The van der Waals surface area contributed by atoms with Gasteiger partial charge in [-0.2, -0.15) is 0 Å². The lowest BCUT2D eigenvalue weighted by molar-refractivity contribution is -0.123. The number of ether oxygens (including phenoxy) is 3. The van der Waals surface area contributed by atoms with E-state index < -0.39 is 0 Å². The van der Waals surface area contributed by atoms with Crippen molar-refractivity contribution < 1.29 is 19.0 Å². The molecule has 0 radical (unpaired) electrons. The third-order valence-corrected chi connectivity index (χ3v) is 4.17. The molecule has 8 heteroatoms. The first-order chi connectivity index (χ1) is 12.4. The van der Waals surface area contributed by atoms with E-state index in [-0.39, 0.29) is 23.5 Å². The maximum atomic E-state index is 11.1. The average Bonchev–Trinajstić information content (AvgIpc) is 2.58. The van der Waals surface area contributed by atoms with Crippen LogP contribution in [0.5, 0.6) is 11.5 Å². The van der Waals surface area contributed by atoms with Crippen LogP contribution >= 0.6 is 46.4 Å². The number of rotatable bonds is 13. The van der Waals surface area contributed by atoms with Crippen molar-refractivity contribution >= 4 is 52.2 Å². The zero-order valence-electron chi connectivity index (χ0n) is 14.5. The molecule has 0 N–H and O–H groups in total. The predicted molar refractivity (Wildman–Crippen MR) is 107 cm³/mol. The van der Waals surface area contributed by atoms with Crippen molar-refractivity contribution in [3.05, 3.63) is 32.7 Å². The molecule has 1 rings (SSSR count). The van der Waals surface area contributed by atoms with E-state index in [1.54, 1.807) is 12.1 Å². The summed E-state index contributed by atoms with van der Waals surface area (Å²) in [6.45, 7) is 3.28. The van der Waals surface area contributed by atoms with Crippen molar-refractivity contribution in [1.82, 2.24) is 0 Å². The molecule has 0 saturated carbocycles. The SMILES string of the molecule is CCC(=O)COCCCCCOc1c(Cl)cc(OCC=C(Cl)Cl)cc1Cl. The van der Waals surface area contributed by atoms with E-state index in [1.165, 1.54) is 6.08 Å². The molecule has 0 bridgehead atoms. The Morgan fingerprint density at radius 1 is 1.04 bits per heavy atom. The van der Waals surface area contributed by atoms with Gasteiger partial charge in [-0.15, -0.1) is 0 Å². The summed E-state index contributed by atoms with van der Waals surface area (Å²) in [7, 11) is 0. The van der Waals surface area contributed by atoms with Crippen molar-refractivity contribution in [2.45, 2.75) is 32.6 Å². The number of benzene rings is 1. The van der Waals surface area contributed by atoms with Gasteiger partial charge in [-0.25, -0.2) is 0 Å². The highest BCUT2D eigenvalue weighted by molar-refractivity contribution is 6.55. The molecule has 0 aliphatic rings. The first-order valence-electron chi connectivity index (χ1n) is 8.29. The lowest BCUT2D eigenvalue weighted by Gasteiger charge is -2.12. The molecule has 0 saturated heterocycles. The number of ketones is 1. The van der Waals surface area contributed by atoms with Gasteiger partial charge in [0.2, 0.25) is 0 Å². The molecule has 0 aliphatic heterocycles. The topological polar surface area (TPSA) is 44.8 Å². The Kier molecular flexibility index (Phi) is 12.2. The Labute approximate surface area is 174 Å². The van der Waals surface area contributed by atoms with E-state index in [0.717, 1.165) is 19.3 Å². The normalized spacial score (nSPS) is 10.5. The van der Waals surface area contributed by atoms with Gasteiger partial charge in [-0.3, -0.25) is 4.79 Å². The fraction of sp³-hybridized carbons (Fsp3) is 0.500. The minimum Gasteiger partial charge on any atom is -0.490 e. The summed E-state index contributed by atoms with van der Waals surface area (Å²) in [5.74, 6) is 1.04. The molecule has 0 fully saturated rings. The van der Waals surface area contributed by atoms with Gasteiger partial charge in [0.05, 0.1) is 16.7 Å². The van der Waals surface area contributed by atoms with Gasteiger partial charge in [0.15, 0.2) is 11.5 Å². The van der Waals surface area contributed by atoms with E-state index in [0.29, 0.717) is 41.2 Å². The van der Waals surface area contributed by atoms with Gasteiger partial charge in [0, 0.05) is 25.2 Å². The summed E-state index contributed by atoms with van der Waals surface area (Å²) in [6.07, 6.45) is 4.63. The minimum absolute atomic E-state index is 0.117. The van der Waals surface area contributed by atoms with Crippen LogP contribution in [0.2, 0.25) is 10.0 Å². The zero-order chi connectivity index (χ0) is 19.4. The maximum absolute atomic E-state index is 11.1. The molecule has 0 atom stereocenters. The van der Waals surface area contributed by atoms with Crippen LogP contribution in [-0.2, 0) is 9.53 Å². The zero-order valence-corrected chi connectivity index (χ0v) is 17.6. The fourth-order valence-corrected chi connectivity index (χ4v) is 2.61. The molecule has 4 nitrogen and oxygen atoms in total. The molecular weight excluding hydrogens is 422 g/mol. The van der Waals surface area contributed by atoms with Crippen molar-refractivity contribution in [3.63, 3.8) is 0 Å². The monoisotopic (exact) mass is 442 g/mol. The minimum atomic E-state index is 0.117. The van der Waals surface area contributed by atoms with Crippen molar-refractivity contribution in [2.24, 2.45) is 0 Å². The van der Waals surface area contributed by atoms with Crippen LogP contribution in [0.15, 0.2) is 22.7 Å². The first-order valence-corrected chi connectivity index (χ1v) is 9.80. The summed E-state index contributed by atoms with van der Waals surface area (Å²) < 4.78 is 16.5. The van der Waals surface area contributed by atoms with Crippen LogP contribution in [0.3, 0.4) is 0 Å². The number of carbonyl (C=O) groups is 1. The lowest BCUT2D eigenvalue weighted by Crippen LogP contribution is -2.08. The molecule has 0 spiro atoms. The molecule has 0 aromatic heterocycles. The van der Waals surface area contributed by atoms with Gasteiger partial charge in [-0.05, 0) is 25.3 Å². The highest BCUT2D eigenvalue weighted by atomic mass is 35.5. The number of carbonyl (C=O) groups excluding carboxylic acids is 1. The summed E-state index contributed by atoms with van der Waals surface area (Å²) in [6, 6.07) is 3.24. The molecule has 0 aliphatic carbocycles. The maximum Gasteiger partial charge on any atom is 0.158 e. The van der Waals surface area contributed by atoms with Crippen molar-refractivity contribution in [1.29, 1.82) is 0 Å². The highest BCUT2D eigenvalue weighted by Gasteiger charge is 2.10. The quantitative estimate of drug-likeness (QED) is 0.338. The highest BCUT2D eigenvalue weighted by Crippen LogP contribution is 2.37. The Hall–Kier alpha value is -0.650. The van der Waals surface area contributed by atoms with E-state index in [4.69, 9.17) is 60.6 Å². The first kappa shape index (κ1) is 23.4. The van der Waals surface area contributed by atoms with Crippen LogP contribution in [0, 0.1) is 0 Å². The van der Waals surface area contributed by atoms with Crippen molar-refractivity contribution in [2.75, 3.05) is 26.4 Å². The summed E-state index contributed by atoms with van der Waals surface area (Å²) in [5, 5.41) is 0.740. The lowest BCUT2D eigenvalue weighted by atomic mass is 10.2. The van der Waals surface area contributed by atoms with Crippen LogP contribution in [0.25, 0.3) is 0 Å². The van der Waals surface area contributed by atoms with Crippen molar-refractivity contribution in [3.8, 4) is 11.5 Å². The van der Waals surface area contributed by atoms with Crippen LogP contribution in [-0.4, -0.2) is 32.2 Å². The van der Waals surface area contributed by atoms with E-state index in [2.05, 4.69) is 0 Å². The fourth-order valence-electron chi connectivity index (χ4n) is 1.90. The van der Waals surface area contributed by atoms with E-state index >= 15 is 0 Å². The Morgan fingerprint density at radius 3 is 2.31 bits per heavy atom. The average molecular weight is 444 g/mol. The van der Waals surface area contributed by atoms with Crippen LogP contribution < -0.4 is 9.47 Å². The molecule has 146 valence electrons. The smallest absolute Gasteiger partial charge is 0.158 e. The summed E-state index contributed by atoms with van der Waals surface area (Å²) >= 11 is 23.4. The standard InChI is InChI=1S/C18H22Cl4O4/c1-2-13(23)12-24-7-4-3-5-8-26-18-15(19)10-14(11-16(18)20)25-9-6-17(21)22/h6,10-11H,2-5,7-9,12H2,1H3. The predicted octanol–water partition coefficient (Wildman–Crippen LogP) is 6.24. The van der Waals surface area contributed by atoms with Crippen LogP contribution in [0.1, 0.15) is 32.6 Å². The van der Waals surface area contributed by atoms with Gasteiger partial charge < -0.3 is 14.2 Å². The molecule has 0 heterocycles. The molecule has 0 amide bonds. The second-order valence-corrected chi connectivity index (χ2v) is 7.20. The molecule has 26 heavy (non-hydrogen) atoms. The third kappa shape index (κ3) is 9.89. The number of unbranched alkanes of at least 4 members (excludes halogenated alkanes) is 2. The number of hydrogen-bond donors (Lipinski definition) is 0. The van der Waals surface area contributed by atoms with Crippen LogP contribution in [0.4, 0.5) is 0 Å². The summed E-state index contributed by atoms with van der Waals surface area (Å²) in [4.78, 5) is 11.1. The number of Topliss-reactive ketones (excluding diaryl/α,β-unsaturated/α-hetero) is 1. The molecule has 1 aromatic rings. The molecule has 0 unspecified atom stereocenters. The largest absolute Gasteiger partial charge is 0.490 e. The van der Waals surface area contributed by atoms with E-state index in [9.17, 15) is 4.79 Å². The summed E-state index contributed by atoms with van der Waals surface area (Å²) in [5.41, 5.74) is 0. The third-order valence-electron chi connectivity index (χ3n) is 3.30. The van der Waals surface area contributed by atoms with Gasteiger partial charge in [0.1, 0.15) is 23.5 Å².